The highest BCUT2D eigenvalue weighted by atomic mass is 19.1. The molecular formula is C15H22FN3O. The number of rotatable bonds is 6. The Morgan fingerprint density at radius 2 is 1.95 bits per heavy atom. The maximum absolute atomic E-state index is 14.2. The number of carbonyl (C=O) groups excluding carboxylic acids is 1. The first-order valence-electron chi connectivity index (χ1n) is 7.10. The minimum atomic E-state index is -0.368. The molecule has 1 aromatic carbocycles. The van der Waals surface area contributed by atoms with Crippen molar-refractivity contribution in [2.45, 2.75) is 44.8 Å². The first kappa shape index (κ1) is 14.9. The molecule has 1 fully saturated rings. The van der Waals surface area contributed by atoms with Crippen molar-refractivity contribution in [3.8, 4) is 0 Å². The Balaban J connectivity index is 2.16. The van der Waals surface area contributed by atoms with Crippen LogP contribution in [0.2, 0.25) is 0 Å². The van der Waals surface area contributed by atoms with Gasteiger partial charge in [-0.25, -0.2) is 4.39 Å². The van der Waals surface area contributed by atoms with E-state index < -0.39 is 0 Å². The molecule has 0 aromatic heterocycles. The van der Waals surface area contributed by atoms with Crippen LogP contribution in [0.3, 0.4) is 0 Å². The van der Waals surface area contributed by atoms with Crippen molar-refractivity contribution in [1.29, 1.82) is 0 Å². The molecule has 0 heterocycles. The van der Waals surface area contributed by atoms with E-state index >= 15 is 0 Å². The normalized spacial score (nSPS) is 15.9. The van der Waals surface area contributed by atoms with Crippen LogP contribution in [0.5, 0.6) is 0 Å². The summed E-state index contributed by atoms with van der Waals surface area (Å²) in [7, 11) is 0. The highest BCUT2D eigenvalue weighted by Gasteiger charge is 2.24. The molecule has 0 atom stereocenters. The molecule has 1 aliphatic carbocycles. The second-order valence-corrected chi connectivity index (χ2v) is 5.40. The highest BCUT2D eigenvalue weighted by Crippen LogP contribution is 2.25. The lowest BCUT2D eigenvalue weighted by atomic mass is 10.1. The summed E-state index contributed by atoms with van der Waals surface area (Å²) in [6.45, 7) is 0.767. The Bertz CT molecular complexity index is 472. The van der Waals surface area contributed by atoms with Crippen molar-refractivity contribution in [1.82, 2.24) is 4.90 Å². The predicted octanol–water partition coefficient (Wildman–Crippen LogP) is 1.51. The molecule has 2 rings (SSSR count). The lowest BCUT2D eigenvalue weighted by Crippen LogP contribution is -2.39. The number of hydrogen-bond acceptors (Lipinski definition) is 3. The van der Waals surface area contributed by atoms with E-state index in [1.165, 1.54) is 0 Å². The summed E-state index contributed by atoms with van der Waals surface area (Å²) in [6, 6.07) is 5.56. The van der Waals surface area contributed by atoms with E-state index in [0.717, 1.165) is 25.7 Å². The zero-order valence-corrected chi connectivity index (χ0v) is 11.6. The minimum absolute atomic E-state index is 0.178. The van der Waals surface area contributed by atoms with Crippen molar-refractivity contribution in [2.75, 3.05) is 6.54 Å². The Morgan fingerprint density at radius 3 is 2.55 bits per heavy atom. The minimum Gasteiger partial charge on any atom is -0.369 e. The quantitative estimate of drug-likeness (QED) is 0.829. The van der Waals surface area contributed by atoms with Gasteiger partial charge in [-0.1, -0.05) is 31.0 Å². The molecule has 0 saturated heterocycles. The summed E-state index contributed by atoms with van der Waals surface area (Å²) in [5, 5.41) is 0. The molecule has 4 nitrogen and oxygen atoms in total. The van der Waals surface area contributed by atoms with E-state index in [-0.39, 0.29) is 24.8 Å². The van der Waals surface area contributed by atoms with Gasteiger partial charge in [0.25, 0.3) is 0 Å². The van der Waals surface area contributed by atoms with Gasteiger partial charge in [-0.15, -0.1) is 0 Å². The summed E-state index contributed by atoms with van der Waals surface area (Å²) in [5.74, 6) is -0.630. The highest BCUT2D eigenvalue weighted by molar-refractivity contribution is 5.76. The molecular weight excluding hydrogens is 257 g/mol. The summed E-state index contributed by atoms with van der Waals surface area (Å²) in [5.41, 5.74) is 11.9. The number of benzene rings is 1. The molecule has 1 amide bonds. The molecule has 0 spiro atoms. The van der Waals surface area contributed by atoms with Gasteiger partial charge in [0.15, 0.2) is 0 Å². The molecule has 1 aliphatic rings. The van der Waals surface area contributed by atoms with Gasteiger partial charge in [-0.05, 0) is 12.8 Å². The third-order valence-corrected chi connectivity index (χ3v) is 3.95. The van der Waals surface area contributed by atoms with Crippen LogP contribution in [0.15, 0.2) is 18.2 Å². The summed E-state index contributed by atoms with van der Waals surface area (Å²) in [4.78, 5) is 13.2. The third kappa shape index (κ3) is 3.55. The summed E-state index contributed by atoms with van der Waals surface area (Å²) >= 11 is 0. The molecule has 110 valence electrons. The van der Waals surface area contributed by atoms with Gasteiger partial charge in [0, 0.05) is 30.3 Å². The number of nitrogens with two attached hydrogens (primary N) is 2. The van der Waals surface area contributed by atoms with Gasteiger partial charge in [-0.2, -0.15) is 0 Å². The zero-order valence-electron chi connectivity index (χ0n) is 11.6. The van der Waals surface area contributed by atoms with Crippen LogP contribution in [0.4, 0.5) is 4.39 Å². The topological polar surface area (TPSA) is 72.3 Å². The maximum atomic E-state index is 14.2. The van der Waals surface area contributed by atoms with E-state index in [1.54, 1.807) is 18.2 Å². The van der Waals surface area contributed by atoms with E-state index in [9.17, 15) is 9.18 Å². The van der Waals surface area contributed by atoms with Gasteiger partial charge in [0.2, 0.25) is 5.91 Å². The molecule has 5 heteroatoms. The lowest BCUT2D eigenvalue weighted by molar-refractivity contribution is -0.119. The Labute approximate surface area is 118 Å². The number of hydrogen-bond donors (Lipinski definition) is 2. The molecule has 0 unspecified atom stereocenters. The number of primary amides is 1. The number of amides is 1. The van der Waals surface area contributed by atoms with Crippen molar-refractivity contribution >= 4 is 5.91 Å². The monoisotopic (exact) mass is 279 g/mol. The fourth-order valence-electron chi connectivity index (χ4n) is 2.92. The van der Waals surface area contributed by atoms with E-state index in [0.29, 0.717) is 23.7 Å². The molecule has 0 bridgehead atoms. The molecule has 20 heavy (non-hydrogen) atoms. The molecule has 4 N–H and O–H groups in total. The molecule has 1 aromatic rings. The summed E-state index contributed by atoms with van der Waals surface area (Å²) < 4.78 is 14.2. The van der Waals surface area contributed by atoms with Crippen LogP contribution >= 0.6 is 0 Å². The van der Waals surface area contributed by atoms with Crippen LogP contribution in [0.25, 0.3) is 0 Å². The van der Waals surface area contributed by atoms with Crippen molar-refractivity contribution in [3.05, 3.63) is 35.1 Å². The van der Waals surface area contributed by atoms with E-state index in [2.05, 4.69) is 0 Å². The number of nitrogens with zero attached hydrogens (tertiary/aromatic N) is 1. The van der Waals surface area contributed by atoms with Crippen LogP contribution in [0.1, 0.15) is 36.8 Å². The SMILES string of the molecule is NCc1cccc(CN(CC(N)=O)C2CCCC2)c1F. The Kier molecular flexibility index (Phi) is 5.09. The van der Waals surface area contributed by atoms with Crippen LogP contribution < -0.4 is 11.5 Å². The smallest absolute Gasteiger partial charge is 0.231 e. The van der Waals surface area contributed by atoms with Crippen molar-refractivity contribution in [3.63, 3.8) is 0 Å². The summed E-state index contributed by atoms with van der Waals surface area (Å²) in [6.07, 6.45) is 4.41. The number of carbonyl (C=O) groups is 1. The van der Waals surface area contributed by atoms with Crippen LogP contribution in [0, 0.1) is 5.82 Å². The standard InChI is InChI=1S/C15H22FN3O/c16-15-11(8-17)4-3-5-12(15)9-19(10-14(18)20)13-6-1-2-7-13/h3-5,13H,1-2,6-10,17H2,(H2,18,20). The second kappa shape index (κ2) is 6.81. The van der Waals surface area contributed by atoms with Gasteiger partial charge in [-0.3, -0.25) is 9.69 Å². The average Bonchev–Trinajstić information content (AvgIpc) is 2.93. The average molecular weight is 279 g/mol. The van der Waals surface area contributed by atoms with E-state index in [1.807, 2.05) is 4.90 Å². The first-order valence-corrected chi connectivity index (χ1v) is 7.10. The van der Waals surface area contributed by atoms with Crippen molar-refractivity contribution < 1.29 is 9.18 Å². The van der Waals surface area contributed by atoms with Gasteiger partial charge in [0.05, 0.1) is 6.54 Å². The van der Waals surface area contributed by atoms with Gasteiger partial charge >= 0.3 is 0 Å². The largest absolute Gasteiger partial charge is 0.369 e. The Hall–Kier alpha value is -1.46. The molecule has 0 aliphatic heterocycles. The molecule has 1 saturated carbocycles. The zero-order chi connectivity index (χ0) is 14.5. The fraction of sp³-hybridized carbons (Fsp3) is 0.533. The third-order valence-electron chi connectivity index (χ3n) is 3.95. The second-order valence-electron chi connectivity index (χ2n) is 5.40. The van der Waals surface area contributed by atoms with Crippen LogP contribution in [-0.4, -0.2) is 23.4 Å². The Morgan fingerprint density at radius 1 is 1.30 bits per heavy atom. The lowest BCUT2D eigenvalue weighted by Gasteiger charge is -2.27. The van der Waals surface area contributed by atoms with Crippen LogP contribution in [-0.2, 0) is 17.9 Å². The molecule has 0 radical (unpaired) electrons. The van der Waals surface area contributed by atoms with Crippen molar-refractivity contribution in [2.24, 2.45) is 11.5 Å². The van der Waals surface area contributed by atoms with Gasteiger partial charge in [0.1, 0.15) is 5.82 Å². The first-order chi connectivity index (χ1) is 9.61. The van der Waals surface area contributed by atoms with Gasteiger partial charge < -0.3 is 11.5 Å². The van der Waals surface area contributed by atoms with E-state index in [4.69, 9.17) is 11.5 Å². The number of halogens is 1. The predicted molar refractivity (Wildman–Crippen MR) is 76.2 cm³/mol. The fourth-order valence-corrected chi connectivity index (χ4v) is 2.92. The maximum Gasteiger partial charge on any atom is 0.231 e.